The van der Waals surface area contributed by atoms with Gasteiger partial charge in [0.25, 0.3) is 0 Å². The molecule has 0 aliphatic carbocycles. The number of rotatable bonds is 7. The first-order valence-corrected chi connectivity index (χ1v) is 8.29. The van der Waals surface area contributed by atoms with Gasteiger partial charge in [-0.25, -0.2) is 0 Å². The van der Waals surface area contributed by atoms with Crippen LogP contribution < -0.4 is 11.1 Å². The molecule has 1 unspecified atom stereocenters. The maximum absolute atomic E-state index is 6.02. The SMILES string of the molecule is CCNC(CSc1ccccc1C)Cc1cnccc1N. The van der Waals surface area contributed by atoms with Crippen LogP contribution in [0.15, 0.2) is 47.6 Å². The molecule has 3 nitrogen and oxygen atoms in total. The minimum absolute atomic E-state index is 0.395. The molecule has 1 aromatic heterocycles. The number of anilines is 1. The van der Waals surface area contributed by atoms with E-state index in [1.54, 1.807) is 6.20 Å². The lowest BCUT2D eigenvalue weighted by Gasteiger charge is -2.19. The maximum atomic E-state index is 6.02. The molecule has 2 rings (SSSR count). The third kappa shape index (κ3) is 4.76. The highest BCUT2D eigenvalue weighted by Gasteiger charge is 2.11. The number of hydrogen-bond acceptors (Lipinski definition) is 4. The van der Waals surface area contributed by atoms with Gasteiger partial charge in [0.2, 0.25) is 0 Å². The zero-order valence-electron chi connectivity index (χ0n) is 12.7. The summed E-state index contributed by atoms with van der Waals surface area (Å²) in [7, 11) is 0. The summed E-state index contributed by atoms with van der Waals surface area (Å²) in [5.41, 5.74) is 9.30. The first kappa shape index (κ1) is 15.9. The summed E-state index contributed by atoms with van der Waals surface area (Å²) >= 11 is 1.90. The second kappa shape index (κ2) is 8.05. The predicted octanol–water partition coefficient (Wildman–Crippen LogP) is 3.29. The summed E-state index contributed by atoms with van der Waals surface area (Å²) in [4.78, 5) is 5.52. The summed E-state index contributed by atoms with van der Waals surface area (Å²) in [6.07, 6.45) is 4.52. The summed E-state index contributed by atoms with van der Waals surface area (Å²) in [6, 6.07) is 10.8. The fraction of sp³-hybridized carbons (Fsp3) is 0.353. The molecule has 21 heavy (non-hydrogen) atoms. The molecule has 0 radical (unpaired) electrons. The number of nitrogens with two attached hydrogens (primary N) is 1. The first-order valence-electron chi connectivity index (χ1n) is 7.31. The van der Waals surface area contributed by atoms with Crippen LogP contribution >= 0.6 is 11.8 Å². The van der Waals surface area contributed by atoms with Crippen LogP contribution in [0.4, 0.5) is 5.69 Å². The van der Waals surface area contributed by atoms with Gasteiger partial charge in [-0.15, -0.1) is 11.8 Å². The Labute approximate surface area is 131 Å². The Bertz CT molecular complexity index is 571. The van der Waals surface area contributed by atoms with E-state index in [4.69, 9.17) is 5.73 Å². The van der Waals surface area contributed by atoms with Crippen molar-refractivity contribution in [1.82, 2.24) is 10.3 Å². The van der Waals surface area contributed by atoms with Gasteiger partial charge in [-0.05, 0) is 43.1 Å². The summed E-state index contributed by atoms with van der Waals surface area (Å²) < 4.78 is 0. The van der Waals surface area contributed by atoms with Crippen LogP contribution in [0.1, 0.15) is 18.1 Å². The summed E-state index contributed by atoms with van der Waals surface area (Å²) in [6.45, 7) is 5.25. The first-order chi connectivity index (χ1) is 10.2. The van der Waals surface area contributed by atoms with Gasteiger partial charge in [-0.1, -0.05) is 25.1 Å². The van der Waals surface area contributed by atoms with Gasteiger partial charge in [-0.3, -0.25) is 4.98 Å². The van der Waals surface area contributed by atoms with Crippen molar-refractivity contribution in [3.63, 3.8) is 0 Å². The van der Waals surface area contributed by atoms with E-state index in [2.05, 4.69) is 48.4 Å². The van der Waals surface area contributed by atoms with E-state index >= 15 is 0 Å². The van der Waals surface area contributed by atoms with Crippen molar-refractivity contribution in [1.29, 1.82) is 0 Å². The zero-order chi connectivity index (χ0) is 15.1. The fourth-order valence-corrected chi connectivity index (χ4v) is 3.35. The van der Waals surface area contributed by atoms with Gasteiger partial charge < -0.3 is 11.1 Å². The quantitative estimate of drug-likeness (QED) is 0.771. The number of likely N-dealkylation sites (N-methyl/N-ethyl adjacent to an activating group) is 1. The Morgan fingerprint density at radius 1 is 1.29 bits per heavy atom. The van der Waals surface area contributed by atoms with Gasteiger partial charge in [0.05, 0.1) is 0 Å². The molecule has 2 aromatic rings. The zero-order valence-corrected chi connectivity index (χ0v) is 13.5. The average Bonchev–Trinajstić information content (AvgIpc) is 2.48. The normalized spacial score (nSPS) is 12.3. The van der Waals surface area contributed by atoms with E-state index in [-0.39, 0.29) is 0 Å². The highest BCUT2D eigenvalue weighted by Crippen LogP contribution is 2.23. The van der Waals surface area contributed by atoms with E-state index in [1.807, 2.05) is 24.0 Å². The second-order valence-electron chi connectivity index (χ2n) is 5.11. The summed E-state index contributed by atoms with van der Waals surface area (Å²) in [5, 5.41) is 3.54. The number of nitrogens with zero attached hydrogens (tertiary/aromatic N) is 1. The standard InChI is InChI=1S/C17H23N3S/c1-3-20-15(10-14-11-19-9-8-16(14)18)12-21-17-7-5-4-6-13(17)2/h4-9,11,15,20H,3,10,12H2,1-2H3,(H2,18,19). The number of nitrogen functional groups attached to an aromatic ring is 1. The lowest BCUT2D eigenvalue weighted by atomic mass is 10.1. The molecule has 0 bridgehead atoms. The molecule has 1 atom stereocenters. The minimum Gasteiger partial charge on any atom is -0.398 e. The van der Waals surface area contributed by atoms with Crippen LogP contribution in [-0.4, -0.2) is 23.3 Å². The lowest BCUT2D eigenvalue weighted by Crippen LogP contribution is -2.33. The molecule has 0 aliphatic rings. The molecule has 0 fully saturated rings. The molecule has 0 amide bonds. The molecule has 112 valence electrons. The Morgan fingerprint density at radius 2 is 2.10 bits per heavy atom. The topological polar surface area (TPSA) is 50.9 Å². The van der Waals surface area contributed by atoms with Crippen molar-refractivity contribution >= 4 is 17.4 Å². The van der Waals surface area contributed by atoms with Gasteiger partial charge in [0.1, 0.15) is 0 Å². The third-order valence-corrected chi connectivity index (χ3v) is 4.77. The molecular formula is C17H23N3S. The minimum atomic E-state index is 0.395. The molecule has 1 aromatic carbocycles. The van der Waals surface area contributed by atoms with Crippen molar-refractivity contribution in [2.45, 2.75) is 31.2 Å². The number of pyridine rings is 1. The average molecular weight is 301 g/mol. The molecule has 3 N–H and O–H groups in total. The maximum Gasteiger partial charge on any atom is 0.0378 e. The Balaban J connectivity index is 1.99. The van der Waals surface area contributed by atoms with Crippen LogP contribution in [0, 0.1) is 6.92 Å². The summed E-state index contributed by atoms with van der Waals surface area (Å²) in [5.74, 6) is 1.02. The number of aryl methyl sites for hydroxylation is 1. The number of nitrogens with one attached hydrogen (secondary N) is 1. The highest BCUT2D eigenvalue weighted by atomic mass is 32.2. The number of aromatic nitrogens is 1. The van der Waals surface area contributed by atoms with Crippen molar-refractivity contribution < 1.29 is 0 Å². The lowest BCUT2D eigenvalue weighted by molar-refractivity contribution is 0.572. The van der Waals surface area contributed by atoms with Crippen LogP contribution in [0.5, 0.6) is 0 Å². The van der Waals surface area contributed by atoms with E-state index in [9.17, 15) is 0 Å². The van der Waals surface area contributed by atoms with E-state index < -0.39 is 0 Å². The molecule has 0 aliphatic heterocycles. The molecule has 0 saturated carbocycles. The Kier molecular flexibility index (Phi) is 6.08. The van der Waals surface area contributed by atoms with Gasteiger partial charge in [0, 0.05) is 34.8 Å². The van der Waals surface area contributed by atoms with Crippen LogP contribution in [0.3, 0.4) is 0 Å². The van der Waals surface area contributed by atoms with E-state index in [0.717, 1.165) is 30.0 Å². The molecule has 4 heteroatoms. The Morgan fingerprint density at radius 3 is 2.81 bits per heavy atom. The highest BCUT2D eigenvalue weighted by molar-refractivity contribution is 7.99. The van der Waals surface area contributed by atoms with Gasteiger partial charge >= 0.3 is 0 Å². The van der Waals surface area contributed by atoms with Crippen molar-refractivity contribution in [2.24, 2.45) is 0 Å². The van der Waals surface area contributed by atoms with Crippen LogP contribution in [0.2, 0.25) is 0 Å². The van der Waals surface area contributed by atoms with Crippen LogP contribution in [0.25, 0.3) is 0 Å². The number of benzene rings is 1. The van der Waals surface area contributed by atoms with Gasteiger partial charge in [0.15, 0.2) is 0 Å². The molecular weight excluding hydrogens is 278 g/mol. The number of hydrogen-bond donors (Lipinski definition) is 2. The number of thioether (sulfide) groups is 1. The van der Waals surface area contributed by atoms with Gasteiger partial charge in [-0.2, -0.15) is 0 Å². The molecule has 1 heterocycles. The monoisotopic (exact) mass is 301 g/mol. The van der Waals surface area contributed by atoms with Crippen LogP contribution in [-0.2, 0) is 6.42 Å². The van der Waals surface area contributed by atoms with Crippen molar-refractivity contribution in [2.75, 3.05) is 18.0 Å². The largest absolute Gasteiger partial charge is 0.398 e. The Hall–Kier alpha value is -1.52. The second-order valence-corrected chi connectivity index (χ2v) is 6.17. The van der Waals surface area contributed by atoms with Crippen molar-refractivity contribution in [3.8, 4) is 0 Å². The van der Waals surface area contributed by atoms with E-state index in [1.165, 1.54) is 10.5 Å². The molecule has 0 spiro atoms. The fourth-order valence-electron chi connectivity index (χ4n) is 2.26. The smallest absolute Gasteiger partial charge is 0.0378 e. The molecule has 0 saturated heterocycles. The predicted molar refractivity (Wildman–Crippen MR) is 91.7 cm³/mol. The van der Waals surface area contributed by atoms with E-state index in [0.29, 0.717) is 6.04 Å². The third-order valence-electron chi connectivity index (χ3n) is 3.43. The van der Waals surface area contributed by atoms with Crippen molar-refractivity contribution in [3.05, 3.63) is 53.9 Å².